The van der Waals surface area contributed by atoms with Gasteiger partial charge in [0.25, 0.3) is 0 Å². The molecule has 0 aromatic carbocycles. The Morgan fingerprint density at radius 3 is 0.981 bits per heavy atom. The normalized spacial score (nSPS) is 17.2. The second-order valence-corrected chi connectivity index (χ2v) is 31.4. The zero-order chi connectivity index (χ0) is 76.5. The number of hydrogen-bond donors (Lipinski definition) is 5. The van der Waals surface area contributed by atoms with E-state index in [4.69, 9.17) is 32.9 Å². The van der Waals surface area contributed by atoms with Crippen LogP contribution in [-0.4, -0.2) is 126 Å². The molecule has 610 valence electrons. The number of esters is 4. The number of Topliss-reactive ketones (excluding diaryl/α,β-unsaturated/α-hetero) is 1. The van der Waals surface area contributed by atoms with E-state index in [1.54, 1.807) is 0 Å². The molecule has 104 heavy (non-hydrogen) atoms. The van der Waals surface area contributed by atoms with Crippen LogP contribution >= 0.6 is 7.82 Å². The van der Waals surface area contributed by atoms with Crippen molar-refractivity contribution in [2.24, 2.45) is 5.92 Å². The highest BCUT2D eigenvalue weighted by molar-refractivity contribution is 7.46. The van der Waals surface area contributed by atoms with Crippen molar-refractivity contribution >= 4 is 49.3 Å². The maximum atomic E-state index is 14.9. The topological polar surface area (TPSA) is 286 Å². The van der Waals surface area contributed by atoms with Crippen LogP contribution in [0.15, 0.2) is 0 Å². The van der Waals surface area contributed by atoms with Gasteiger partial charge in [-0.1, -0.05) is 311 Å². The summed E-state index contributed by atoms with van der Waals surface area (Å²) < 4.78 is 54.7. The lowest BCUT2D eigenvalue weighted by atomic mass is 9.92. The van der Waals surface area contributed by atoms with Crippen LogP contribution in [0.2, 0.25) is 0 Å². The fourth-order valence-electron chi connectivity index (χ4n) is 14.0. The highest BCUT2D eigenvalue weighted by Crippen LogP contribution is 2.42. The molecule has 0 radical (unpaired) electrons. The molecule has 2 unspecified atom stereocenters. The second-order valence-electron chi connectivity index (χ2n) is 30.2. The quantitative estimate of drug-likeness (QED) is 0.0164. The summed E-state index contributed by atoms with van der Waals surface area (Å²) in [4.78, 5) is 120. The van der Waals surface area contributed by atoms with Crippen molar-refractivity contribution in [1.29, 1.82) is 0 Å². The third kappa shape index (κ3) is 55.0. The van der Waals surface area contributed by atoms with E-state index >= 15 is 0 Å². The first-order valence-electron chi connectivity index (χ1n) is 42.8. The third-order valence-electron chi connectivity index (χ3n) is 20.3. The van der Waals surface area contributed by atoms with Crippen molar-refractivity contribution in [3.8, 4) is 0 Å². The number of nitrogens with one attached hydrogen (secondary N) is 2. The molecule has 20 nitrogen and oxygen atoms in total. The first-order valence-corrected chi connectivity index (χ1v) is 44.3. The zero-order valence-electron chi connectivity index (χ0n) is 67.0. The Hall–Kier alpha value is -3.52. The van der Waals surface area contributed by atoms with Gasteiger partial charge < -0.3 is 53.9 Å². The lowest BCUT2D eigenvalue weighted by molar-refractivity contribution is -0.251. The van der Waals surface area contributed by atoms with Crippen LogP contribution in [0.5, 0.6) is 0 Å². The molecular formula is C83H155N2O18P. The van der Waals surface area contributed by atoms with E-state index in [1.165, 1.54) is 57.8 Å². The summed E-state index contributed by atoms with van der Waals surface area (Å²) in [5, 5.41) is 16.8. The van der Waals surface area contributed by atoms with Crippen LogP contribution in [0.1, 0.15) is 414 Å². The molecule has 1 rings (SSSR count). The molecule has 1 aliphatic heterocycles. The summed E-state index contributed by atoms with van der Waals surface area (Å²) in [7, 11) is -4.34. The van der Waals surface area contributed by atoms with Crippen molar-refractivity contribution < 1.29 is 86.0 Å². The van der Waals surface area contributed by atoms with Gasteiger partial charge in [-0.3, -0.25) is 38.1 Å². The molecule has 5 N–H and O–H groups in total. The summed E-state index contributed by atoms with van der Waals surface area (Å²) in [6, 6.07) is -3.26. The van der Waals surface area contributed by atoms with Crippen molar-refractivity contribution in [1.82, 2.24) is 10.6 Å². The van der Waals surface area contributed by atoms with Crippen LogP contribution < -0.4 is 10.6 Å². The highest BCUT2D eigenvalue weighted by Gasteiger charge is 2.51. The Labute approximate surface area is 632 Å². The number of methoxy groups -OCH3 is 1. The molecule has 1 heterocycles. The van der Waals surface area contributed by atoms with E-state index in [-0.39, 0.29) is 44.5 Å². The van der Waals surface area contributed by atoms with Crippen molar-refractivity contribution in [2.75, 3.05) is 20.3 Å². The zero-order valence-corrected chi connectivity index (χ0v) is 67.9. The number of hydrogen-bond acceptors (Lipinski definition) is 16. The molecule has 2 amide bonds. The van der Waals surface area contributed by atoms with Gasteiger partial charge >= 0.3 is 31.7 Å². The van der Waals surface area contributed by atoms with E-state index in [1.807, 2.05) is 0 Å². The fourth-order valence-corrected chi connectivity index (χ4v) is 14.6. The number of rotatable bonds is 74. The van der Waals surface area contributed by atoms with Gasteiger partial charge in [0.2, 0.25) is 11.8 Å². The smallest absolute Gasteiger partial charge is 0.469 e. The lowest BCUT2D eigenvalue weighted by Gasteiger charge is -2.46. The van der Waals surface area contributed by atoms with E-state index in [9.17, 15) is 53.0 Å². The van der Waals surface area contributed by atoms with E-state index < -0.39 is 118 Å². The highest BCUT2D eigenvalue weighted by atomic mass is 31.2. The molecule has 9 atom stereocenters. The molecule has 1 saturated heterocycles. The van der Waals surface area contributed by atoms with Crippen molar-refractivity contribution in [3.05, 3.63) is 0 Å². The van der Waals surface area contributed by atoms with Crippen LogP contribution in [0.3, 0.4) is 0 Å². The van der Waals surface area contributed by atoms with E-state index in [2.05, 4.69) is 52.2 Å². The number of aliphatic hydroxyl groups excluding tert-OH is 1. The average Bonchev–Trinajstić information content (AvgIpc) is 0.780. The fraction of sp³-hybridized carbons (Fsp3) is 0.916. The monoisotopic (exact) mass is 1500 g/mol. The Morgan fingerprint density at radius 2 is 0.683 bits per heavy atom. The van der Waals surface area contributed by atoms with E-state index in [0.717, 1.165) is 225 Å². The summed E-state index contributed by atoms with van der Waals surface area (Å²) >= 11 is 0. The second kappa shape index (κ2) is 67.6. The van der Waals surface area contributed by atoms with Gasteiger partial charge in [0.05, 0.1) is 45.1 Å². The Balaban J connectivity index is 3.90. The molecule has 1 aliphatic rings. The maximum absolute atomic E-state index is 14.9. The Morgan fingerprint density at radius 1 is 0.394 bits per heavy atom. The number of carbonyl (C=O) groups is 7. The Kier molecular flexibility index (Phi) is 64.0. The van der Waals surface area contributed by atoms with Gasteiger partial charge in [-0.05, 0) is 57.8 Å². The molecule has 0 bridgehead atoms. The summed E-state index contributed by atoms with van der Waals surface area (Å²) in [5.41, 5.74) is 0. The summed E-state index contributed by atoms with van der Waals surface area (Å²) in [6.07, 6.45) is 42.0. The van der Waals surface area contributed by atoms with Gasteiger partial charge in [-0.25, -0.2) is 4.57 Å². The van der Waals surface area contributed by atoms with Crippen LogP contribution in [-0.2, 0) is 71.1 Å². The predicted octanol–water partition coefficient (Wildman–Crippen LogP) is 20.0. The molecule has 0 saturated carbocycles. The minimum Gasteiger partial charge on any atom is -0.469 e. The summed E-state index contributed by atoms with van der Waals surface area (Å²) in [5.74, 6) is -5.27. The standard InChI is InChI=1S/C83H155N2O18P/c1-8-14-20-26-32-35-41-44-50-56-70(99-76(90)59-53-47-38-29-23-17-11-4)63-69(87)62-68(82(93)97-7)67-98-83-80(85-75(89)65-72(58-52-46-43-37-34-28-22-16-10-3)101-78(92)61-55-49-40-31-25-19-13-6)79(81(73(66-86)102-83)103-104(94,95)96)84-74(88)64-71(57-51-45-42-36-33-27-21-15-9-2)100-77(91)60-54-48-39-30-24-18-12-5/h68,70-73,79-81,83,86H,8-67H2,1-7H3,(H,84,88)(H,85,89)(H2,94,95,96)/t68-,70+,71+,72+,73?,79+,80?,81+,83+/m0/s1. The number of aliphatic hydroxyl groups is 1. The summed E-state index contributed by atoms with van der Waals surface area (Å²) in [6.45, 7) is 11.5. The lowest BCUT2D eigenvalue weighted by Crippen LogP contribution is -2.70. The first-order chi connectivity index (χ1) is 50.4. The number of unbranched alkanes of at least 4 members (excludes halogenated alkanes) is 42. The van der Waals surface area contributed by atoms with Crippen LogP contribution in [0, 0.1) is 5.92 Å². The number of phosphoric ester groups is 1. The van der Waals surface area contributed by atoms with Crippen molar-refractivity contribution in [2.45, 2.75) is 463 Å². The number of carbonyl (C=O) groups excluding carboxylic acids is 7. The average molecular weight is 1500 g/mol. The largest absolute Gasteiger partial charge is 0.470 e. The SMILES string of the molecule is CCCCCCCCCCC[C@H](CC(=O)C[C@@H](CO[C@@H]1OC(CO)[C@@H](OP(=O)(O)O)[C@H](NC(=O)C[C@@H](CCCCCCCCCCC)OC(=O)CCCCCCCCC)C1NC(=O)C[C@@H](CCCCCCCCCCC)OC(=O)CCCCCCCCC)C(=O)OC)OC(=O)CCCCCCCCC. The molecule has 0 spiro atoms. The minimum atomic E-state index is -5.50. The molecule has 0 aromatic rings. The minimum absolute atomic E-state index is 0.159. The molecule has 1 fully saturated rings. The van der Waals surface area contributed by atoms with Crippen LogP contribution in [0.25, 0.3) is 0 Å². The number of ketones is 1. The van der Waals surface area contributed by atoms with Crippen molar-refractivity contribution in [3.63, 3.8) is 0 Å². The van der Waals surface area contributed by atoms with Gasteiger partial charge in [-0.2, -0.15) is 0 Å². The maximum Gasteiger partial charge on any atom is 0.470 e. The van der Waals surface area contributed by atoms with Gasteiger partial charge in [0, 0.05) is 32.1 Å². The predicted molar refractivity (Wildman–Crippen MR) is 414 cm³/mol. The number of amides is 2. The van der Waals surface area contributed by atoms with Gasteiger partial charge in [0.1, 0.15) is 42.3 Å². The molecule has 0 aliphatic carbocycles. The van der Waals surface area contributed by atoms with E-state index in [0.29, 0.717) is 51.4 Å². The number of phosphoric acid groups is 1. The number of ether oxygens (including phenoxy) is 6. The first kappa shape index (κ1) is 98.5. The molecule has 0 aromatic heterocycles. The third-order valence-corrected chi connectivity index (χ3v) is 20.8. The molecule has 21 heteroatoms. The van der Waals surface area contributed by atoms with Crippen LogP contribution in [0.4, 0.5) is 0 Å². The Bertz CT molecular complexity index is 2180. The molecular weight excluding hydrogens is 1340 g/mol. The van der Waals surface area contributed by atoms with Gasteiger partial charge in [-0.15, -0.1) is 0 Å². The van der Waals surface area contributed by atoms with Gasteiger partial charge in [0.15, 0.2) is 6.29 Å².